The first-order valence-electron chi connectivity index (χ1n) is 9.31. The average Bonchev–Trinajstić information content (AvgIpc) is 3.22. The second-order valence-electron chi connectivity index (χ2n) is 6.72. The SMILES string of the molecule is COc1ccc(S(=O)(=O)N2CCc3nc(-c4ccc(OC)c(OC)c4)sc3C2)cc1. The van der Waals surface area contributed by atoms with Crippen LogP contribution in [0.25, 0.3) is 10.6 Å². The summed E-state index contributed by atoms with van der Waals surface area (Å²) in [5, 5.41) is 0.838. The van der Waals surface area contributed by atoms with E-state index in [1.807, 2.05) is 18.2 Å². The summed E-state index contributed by atoms with van der Waals surface area (Å²) < 4.78 is 43.4. The van der Waals surface area contributed by atoms with Crippen LogP contribution in [0, 0.1) is 0 Å². The molecule has 1 aromatic heterocycles. The van der Waals surface area contributed by atoms with Gasteiger partial charge in [-0.3, -0.25) is 0 Å². The molecule has 0 radical (unpaired) electrons. The predicted molar refractivity (Wildman–Crippen MR) is 115 cm³/mol. The minimum atomic E-state index is -3.58. The molecule has 30 heavy (non-hydrogen) atoms. The summed E-state index contributed by atoms with van der Waals surface area (Å²) in [5.41, 5.74) is 1.86. The predicted octanol–water partition coefficient (Wildman–Crippen LogP) is 3.58. The van der Waals surface area contributed by atoms with Crippen LogP contribution in [0.15, 0.2) is 47.4 Å². The van der Waals surface area contributed by atoms with Gasteiger partial charge in [-0.15, -0.1) is 11.3 Å². The van der Waals surface area contributed by atoms with Crippen LogP contribution in [0.2, 0.25) is 0 Å². The molecule has 0 aliphatic carbocycles. The maximum Gasteiger partial charge on any atom is 0.243 e. The highest BCUT2D eigenvalue weighted by atomic mass is 32.2. The van der Waals surface area contributed by atoms with Gasteiger partial charge in [-0.2, -0.15) is 4.31 Å². The number of fused-ring (bicyclic) bond motifs is 1. The number of sulfonamides is 1. The monoisotopic (exact) mass is 446 g/mol. The molecule has 0 amide bonds. The lowest BCUT2D eigenvalue weighted by molar-refractivity contribution is 0.355. The molecular formula is C21H22N2O5S2. The molecule has 2 aromatic carbocycles. The van der Waals surface area contributed by atoms with E-state index in [0.717, 1.165) is 21.1 Å². The summed E-state index contributed by atoms with van der Waals surface area (Å²) in [6, 6.07) is 12.1. The zero-order chi connectivity index (χ0) is 21.3. The highest BCUT2D eigenvalue weighted by molar-refractivity contribution is 7.89. The van der Waals surface area contributed by atoms with Crippen molar-refractivity contribution in [1.82, 2.24) is 9.29 Å². The van der Waals surface area contributed by atoms with Crippen molar-refractivity contribution in [2.75, 3.05) is 27.9 Å². The number of hydrogen-bond acceptors (Lipinski definition) is 7. The molecule has 0 N–H and O–H groups in total. The number of nitrogens with zero attached hydrogens (tertiary/aromatic N) is 2. The molecule has 0 spiro atoms. The maximum atomic E-state index is 13.1. The van der Waals surface area contributed by atoms with Crippen molar-refractivity contribution in [3.8, 4) is 27.8 Å². The highest BCUT2D eigenvalue weighted by Gasteiger charge is 2.30. The number of aromatic nitrogens is 1. The van der Waals surface area contributed by atoms with Crippen LogP contribution >= 0.6 is 11.3 Å². The minimum absolute atomic E-state index is 0.261. The lowest BCUT2D eigenvalue weighted by Crippen LogP contribution is -2.35. The molecule has 9 heteroatoms. The fourth-order valence-electron chi connectivity index (χ4n) is 3.37. The van der Waals surface area contributed by atoms with Crippen molar-refractivity contribution in [2.24, 2.45) is 0 Å². The second kappa shape index (κ2) is 8.25. The quantitative estimate of drug-likeness (QED) is 0.576. The molecule has 0 unspecified atom stereocenters. The molecule has 158 valence electrons. The fourth-order valence-corrected chi connectivity index (χ4v) is 5.98. The summed E-state index contributed by atoms with van der Waals surface area (Å²) in [6.07, 6.45) is 0.578. The van der Waals surface area contributed by atoms with Crippen LogP contribution in [0.3, 0.4) is 0 Å². The Hall–Kier alpha value is -2.62. The Bertz CT molecular complexity index is 1160. The Morgan fingerprint density at radius 1 is 0.967 bits per heavy atom. The summed E-state index contributed by atoms with van der Waals surface area (Å²) in [5.74, 6) is 1.91. The van der Waals surface area contributed by atoms with Crippen molar-refractivity contribution >= 4 is 21.4 Å². The first-order chi connectivity index (χ1) is 14.5. The van der Waals surface area contributed by atoms with Crippen LogP contribution in [-0.4, -0.2) is 45.6 Å². The largest absolute Gasteiger partial charge is 0.497 e. The Balaban J connectivity index is 1.60. The van der Waals surface area contributed by atoms with E-state index in [1.165, 1.54) is 15.6 Å². The zero-order valence-corrected chi connectivity index (χ0v) is 18.5. The minimum Gasteiger partial charge on any atom is -0.497 e. The molecule has 3 aromatic rings. The van der Waals surface area contributed by atoms with Crippen LogP contribution in [0.4, 0.5) is 0 Å². The van der Waals surface area contributed by atoms with Crippen molar-refractivity contribution in [3.63, 3.8) is 0 Å². The van der Waals surface area contributed by atoms with Gasteiger partial charge in [0, 0.05) is 23.4 Å². The van der Waals surface area contributed by atoms with E-state index < -0.39 is 10.0 Å². The zero-order valence-electron chi connectivity index (χ0n) is 16.9. The van der Waals surface area contributed by atoms with Crippen molar-refractivity contribution in [2.45, 2.75) is 17.9 Å². The lowest BCUT2D eigenvalue weighted by atomic mass is 10.2. The Labute approximate surface area is 179 Å². The number of hydrogen-bond donors (Lipinski definition) is 0. The lowest BCUT2D eigenvalue weighted by Gasteiger charge is -2.25. The molecule has 4 rings (SSSR count). The third kappa shape index (κ3) is 3.76. The van der Waals surface area contributed by atoms with E-state index in [0.29, 0.717) is 36.8 Å². The molecule has 0 bridgehead atoms. The van der Waals surface area contributed by atoms with Gasteiger partial charge in [0.25, 0.3) is 0 Å². The number of rotatable bonds is 6. The molecule has 2 heterocycles. The molecular weight excluding hydrogens is 424 g/mol. The summed E-state index contributed by atoms with van der Waals surface area (Å²) in [6.45, 7) is 0.713. The summed E-state index contributed by atoms with van der Waals surface area (Å²) >= 11 is 1.51. The maximum absolute atomic E-state index is 13.1. The third-order valence-corrected chi connectivity index (χ3v) is 8.01. The first kappa shape index (κ1) is 20.6. The van der Waals surface area contributed by atoms with E-state index in [1.54, 1.807) is 45.6 Å². The molecule has 1 aliphatic heterocycles. The van der Waals surface area contributed by atoms with Gasteiger partial charge in [-0.05, 0) is 42.5 Å². The average molecular weight is 447 g/mol. The van der Waals surface area contributed by atoms with E-state index in [4.69, 9.17) is 19.2 Å². The molecule has 0 atom stereocenters. The molecule has 7 nitrogen and oxygen atoms in total. The highest BCUT2D eigenvalue weighted by Crippen LogP contribution is 2.37. The van der Waals surface area contributed by atoms with Crippen molar-refractivity contribution < 1.29 is 22.6 Å². The molecule has 1 aliphatic rings. The van der Waals surface area contributed by atoms with Gasteiger partial charge < -0.3 is 14.2 Å². The topological polar surface area (TPSA) is 78.0 Å². The van der Waals surface area contributed by atoms with Gasteiger partial charge in [0.15, 0.2) is 11.5 Å². The molecule has 0 saturated heterocycles. The van der Waals surface area contributed by atoms with E-state index in [9.17, 15) is 8.42 Å². The van der Waals surface area contributed by atoms with E-state index in [2.05, 4.69) is 0 Å². The van der Waals surface area contributed by atoms with Crippen molar-refractivity contribution in [1.29, 1.82) is 0 Å². The summed E-state index contributed by atoms with van der Waals surface area (Å²) in [4.78, 5) is 5.97. The smallest absolute Gasteiger partial charge is 0.243 e. The van der Waals surface area contributed by atoms with E-state index in [-0.39, 0.29) is 4.90 Å². The Morgan fingerprint density at radius 3 is 2.37 bits per heavy atom. The van der Waals surface area contributed by atoms with Gasteiger partial charge >= 0.3 is 0 Å². The van der Waals surface area contributed by atoms with Gasteiger partial charge in [-0.1, -0.05) is 0 Å². The number of ether oxygens (including phenoxy) is 3. The Kier molecular flexibility index (Phi) is 5.68. The van der Waals surface area contributed by atoms with Crippen LogP contribution in [-0.2, 0) is 23.0 Å². The van der Waals surface area contributed by atoms with Crippen LogP contribution < -0.4 is 14.2 Å². The van der Waals surface area contributed by atoms with Gasteiger partial charge in [0.05, 0.1) is 38.5 Å². The fraction of sp³-hybridized carbons (Fsp3) is 0.286. The standard InChI is InChI=1S/C21H22N2O5S2/c1-26-15-5-7-16(8-6-15)30(24,25)23-11-10-17-20(13-23)29-21(22-17)14-4-9-18(27-2)19(12-14)28-3/h4-9,12H,10-11,13H2,1-3H3. The number of benzene rings is 2. The van der Waals surface area contributed by atoms with E-state index >= 15 is 0 Å². The normalized spacial score (nSPS) is 14.2. The van der Waals surface area contributed by atoms with Gasteiger partial charge in [0.1, 0.15) is 10.8 Å². The van der Waals surface area contributed by atoms with Crippen molar-refractivity contribution in [3.05, 3.63) is 53.0 Å². The van der Waals surface area contributed by atoms with Crippen LogP contribution in [0.5, 0.6) is 17.2 Å². The van der Waals surface area contributed by atoms with Crippen LogP contribution in [0.1, 0.15) is 10.6 Å². The second-order valence-corrected chi connectivity index (χ2v) is 9.74. The third-order valence-electron chi connectivity index (χ3n) is 5.02. The van der Waals surface area contributed by atoms with Gasteiger partial charge in [0.2, 0.25) is 10.0 Å². The first-order valence-corrected chi connectivity index (χ1v) is 11.6. The number of thiazole rings is 1. The molecule has 0 fully saturated rings. The van der Waals surface area contributed by atoms with Gasteiger partial charge in [-0.25, -0.2) is 13.4 Å². The summed E-state index contributed by atoms with van der Waals surface area (Å²) in [7, 11) is 1.15. The number of methoxy groups -OCH3 is 3. The Morgan fingerprint density at radius 2 is 1.70 bits per heavy atom. The molecule has 0 saturated carbocycles.